The molecule has 0 aliphatic carbocycles. The molecule has 0 bridgehead atoms. The van der Waals surface area contributed by atoms with Gasteiger partial charge in [0.2, 0.25) is 5.88 Å². The first kappa shape index (κ1) is 20.6. The second-order valence-electron chi connectivity index (χ2n) is 6.97. The Labute approximate surface area is 181 Å². The highest BCUT2D eigenvalue weighted by Crippen LogP contribution is 2.28. The number of anilines is 1. The molecule has 0 amide bonds. The molecule has 1 N–H and O–H groups in total. The number of aryl methyl sites for hydroxylation is 1. The van der Waals surface area contributed by atoms with Crippen LogP contribution in [0.1, 0.15) is 11.1 Å². The Bertz CT molecular complexity index is 1360. The van der Waals surface area contributed by atoms with E-state index in [4.69, 9.17) is 4.74 Å². The minimum absolute atomic E-state index is 0.192. The van der Waals surface area contributed by atoms with E-state index < -0.39 is 10.0 Å². The van der Waals surface area contributed by atoms with Gasteiger partial charge in [0.25, 0.3) is 10.0 Å². The lowest BCUT2D eigenvalue weighted by Gasteiger charge is -2.11. The molecule has 0 spiro atoms. The Kier molecular flexibility index (Phi) is 5.68. The van der Waals surface area contributed by atoms with Gasteiger partial charge in [-0.1, -0.05) is 48.0 Å². The Morgan fingerprint density at radius 2 is 1.68 bits per heavy atom. The number of methoxy groups -OCH3 is 1. The van der Waals surface area contributed by atoms with Gasteiger partial charge in [0, 0.05) is 11.6 Å². The molecule has 0 atom stereocenters. The Balaban J connectivity index is 1.67. The first-order chi connectivity index (χ1) is 15.0. The van der Waals surface area contributed by atoms with E-state index in [0.717, 1.165) is 16.5 Å². The van der Waals surface area contributed by atoms with Gasteiger partial charge in [-0.2, -0.15) is 0 Å². The van der Waals surface area contributed by atoms with Crippen molar-refractivity contribution in [2.24, 2.45) is 4.99 Å². The first-order valence-corrected chi connectivity index (χ1v) is 11.1. The van der Waals surface area contributed by atoms with E-state index in [-0.39, 0.29) is 4.90 Å². The van der Waals surface area contributed by atoms with Crippen LogP contribution >= 0.6 is 0 Å². The fourth-order valence-electron chi connectivity index (χ4n) is 3.10. The Morgan fingerprint density at radius 3 is 2.45 bits per heavy atom. The maximum absolute atomic E-state index is 12.8. The third-order valence-corrected chi connectivity index (χ3v) is 6.11. The molecule has 4 rings (SSSR count). The van der Waals surface area contributed by atoms with Crippen molar-refractivity contribution in [3.63, 3.8) is 0 Å². The number of nitrogens with zero attached hydrogens (tertiary/aromatic N) is 2. The molecule has 31 heavy (non-hydrogen) atoms. The summed E-state index contributed by atoms with van der Waals surface area (Å²) in [6.07, 6.45) is 1.62. The summed E-state index contributed by atoms with van der Waals surface area (Å²) in [6, 6.07) is 23.3. The van der Waals surface area contributed by atoms with E-state index in [2.05, 4.69) is 14.7 Å². The maximum Gasteiger partial charge on any atom is 0.261 e. The number of benzene rings is 3. The number of fused-ring (bicyclic) bond motifs is 1. The molecule has 0 aliphatic rings. The number of para-hydroxylation sites is 3. The van der Waals surface area contributed by atoms with Crippen LogP contribution in [0.4, 0.5) is 11.4 Å². The molecule has 0 unspecified atom stereocenters. The van der Waals surface area contributed by atoms with Gasteiger partial charge in [-0.05, 0) is 43.3 Å². The van der Waals surface area contributed by atoms with Gasteiger partial charge in [0.05, 0.1) is 34.5 Å². The average Bonchev–Trinajstić information content (AvgIpc) is 2.78. The molecule has 0 fully saturated rings. The second kappa shape index (κ2) is 8.57. The van der Waals surface area contributed by atoms with E-state index in [1.165, 1.54) is 0 Å². The van der Waals surface area contributed by atoms with Crippen LogP contribution in [0.25, 0.3) is 10.9 Å². The zero-order chi connectivity index (χ0) is 21.8. The number of aliphatic imine (C=N–C) groups is 1. The minimum atomic E-state index is -3.74. The highest BCUT2D eigenvalue weighted by molar-refractivity contribution is 7.92. The van der Waals surface area contributed by atoms with Crippen molar-refractivity contribution in [3.8, 4) is 5.88 Å². The number of hydrogen-bond donors (Lipinski definition) is 1. The van der Waals surface area contributed by atoms with Gasteiger partial charge in [-0.3, -0.25) is 9.71 Å². The van der Waals surface area contributed by atoms with Crippen LogP contribution in [0.5, 0.6) is 5.88 Å². The van der Waals surface area contributed by atoms with Crippen LogP contribution < -0.4 is 9.46 Å². The van der Waals surface area contributed by atoms with E-state index in [1.54, 1.807) is 61.9 Å². The fourth-order valence-corrected chi connectivity index (χ4v) is 4.18. The molecule has 4 aromatic rings. The normalized spacial score (nSPS) is 11.7. The SMILES string of the molecule is COc1nc2ccccc2cc1C=Nc1ccccc1NS(=O)(=O)c1ccc(C)cc1. The Morgan fingerprint density at radius 1 is 0.968 bits per heavy atom. The van der Waals surface area contributed by atoms with Crippen LogP contribution in [0, 0.1) is 6.92 Å². The summed E-state index contributed by atoms with van der Waals surface area (Å²) in [6.45, 7) is 1.91. The molecule has 1 heterocycles. The molecule has 6 nitrogen and oxygen atoms in total. The summed E-state index contributed by atoms with van der Waals surface area (Å²) in [7, 11) is -2.18. The molecular formula is C24H21N3O3S. The standard InChI is InChI=1S/C24H21N3O3S/c1-17-11-13-20(14-12-17)31(28,29)27-23-10-6-5-9-22(23)25-16-19-15-18-7-3-4-8-21(18)26-24(19)30-2/h3-16,27H,1-2H3. The predicted molar refractivity (Wildman–Crippen MR) is 124 cm³/mol. The second-order valence-corrected chi connectivity index (χ2v) is 8.66. The summed E-state index contributed by atoms with van der Waals surface area (Å²) in [5.41, 5.74) is 3.36. The van der Waals surface area contributed by atoms with Gasteiger partial charge >= 0.3 is 0 Å². The highest BCUT2D eigenvalue weighted by atomic mass is 32.2. The zero-order valence-corrected chi connectivity index (χ0v) is 17.9. The third-order valence-electron chi connectivity index (χ3n) is 4.73. The summed E-state index contributed by atoms with van der Waals surface area (Å²) < 4.78 is 33.6. The first-order valence-electron chi connectivity index (χ1n) is 9.63. The summed E-state index contributed by atoms with van der Waals surface area (Å²) in [4.78, 5) is 9.21. The number of pyridine rings is 1. The van der Waals surface area contributed by atoms with Crippen LogP contribution in [-0.4, -0.2) is 26.7 Å². The predicted octanol–water partition coefficient (Wildman–Crippen LogP) is 5.10. The average molecular weight is 432 g/mol. The molecule has 0 aliphatic heterocycles. The summed E-state index contributed by atoms with van der Waals surface area (Å²) in [5, 5.41) is 0.957. The molecule has 3 aromatic carbocycles. The van der Waals surface area contributed by atoms with Gasteiger partial charge in [0.15, 0.2) is 0 Å². The number of aromatic nitrogens is 1. The third kappa shape index (κ3) is 4.57. The summed E-state index contributed by atoms with van der Waals surface area (Å²) in [5.74, 6) is 0.445. The smallest absolute Gasteiger partial charge is 0.261 e. The van der Waals surface area contributed by atoms with Gasteiger partial charge in [0.1, 0.15) is 0 Å². The van der Waals surface area contributed by atoms with E-state index >= 15 is 0 Å². The van der Waals surface area contributed by atoms with Crippen molar-refractivity contribution in [2.75, 3.05) is 11.8 Å². The molecule has 0 saturated carbocycles. The van der Waals surface area contributed by atoms with Crippen molar-refractivity contribution in [2.45, 2.75) is 11.8 Å². The van der Waals surface area contributed by atoms with Gasteiger partial charge in [-0.25, -0.2) is 13.4 Å². The molecule has 156 valence electrons. The summed E-state index contributed by atoms with van der Waals surface area (Å²) >= 11 is 0. The van der Waals surface area contributed by atoms with Gasteiger partial charge in [-0.15, -0.1) is 0 Å². The largest absolute Gasteiger partial charge is 0.481 e. The van der Waals surface area contributed by atoms with E-state index in [9.17, 15) is 8.42 Å². The van der Waals surface area contributed by atoms with Crippen molar-refractivity contribution in [3.05, 3.63) is 90.0 Å². The lowest BCUT2D eigenvalue weighted by atomic mass is 10.1. The fraction of sp³-hybridized carbons (Fsp3) is 0.0833. The number of nitrogens with one attached hydrogen (secondary N) is 1. The topological polar surface area (TPSA) is 80.7 Å². The molecule has 0 saturated heterocycles. The lowest BCUT2D eigenvalue weighted by molar-refractivity contribution is 0.399. The minimum Gasteiger partial charge on any atom is -0.481 e. The monoisotopic (exact) mass is 431 g/mol. The van der Waals surface area contributed by atoms with E-state index in [1.807, 2.05) is 37.3 Å². The number of hydrogen-bond acceptors (Lipinski definition) is 5. The molecule has 0 radical (unpaired) electrons. The van der Waals surface area contributed by atoms with Crippen LogP contribution in [0.2, 0.25) is 0 Å². The Hall–Kier alpha value is -3.71. The van der Waals surface area contributed by atoms with Crippen LogP contribution in [0.15, 0.2) is 88.8 Å². The number of sulfonamides is 1. The van der Waals surface area contributed by atoms with Crippen molar-refractivity contribution < 1.29 is 13.2 Å². The van der Waals surface area contributed by atoms with Crippen molar-refractivity contribution in [1.29, 1.82) is 0 Å². The maximum atomic E-state index is 12.8. The number of rotatable bonds is 6. The van der Waals surface area contributed by atoms with Crippen molar-refractivity contribution in [1.82, 2.24) is 4.98 Å². The molecule has 1 aromatic heterocycles. The zero-order valence-electron chi connectivity index (χ0n) is 17.1. The van der Waals surface area contributed by atoms with Gasteiger partial charge < -0.3 is 4.74 Å². The van der Waals surface area contributed by atoms with Crippen LogP contribution in [0.3, 0.4) is 0 Å². The molecule has 7 heteroatoms. The molecular weight excluding hydrogens is 410 g/mol. The van der Waals surface area contributed by atoms with Crippen LogP contribution in [-0.2, 0) is 10.0 Å². The lowest BCUT2D eigenvalue weighted by Crippen LogP contribution is -2.13. The van der Waals surface area contributed by atoms with Crippen molar-refractivity contribution >= 4 is 38.5 Å². The number of ether oxygens (including phenoxy) is 1. The van der Waals surface area contributed by atoms with E-state index in [0.29, 0.717) is 22.8 Å². The quantitative estimate of drug-likeness (QED) is 0.431. The highest BCUT2D eigenvalue weighted by Gasteiger charge is 2.15.